The van der Waals surface area contributed by atoms with Crippen LogP contribution in [0.2, 0.25) is 0 Å². The van der Waals surface area contributed by atoms with Gasteiger partial charge in [0.25, 0.3) is 0 Å². The third kappa shape index (κ3) is 5.98. The van der Waals surface area contributed by atoms with Crippen LogP contribution in [-0.4, -0.2) is 19.0 Å². The van der Waals surface area contributed by atoms with Gasteiger partial charge in [0, 0.05) is 20.3 Å². The van der Waals surface area contributed by atoms with Gasteiger partial charge in [-0.1, -0.05) is 19.9 Å². The average molecular weight is 205 g/mol. The van der Waals surface area contributed by atoms with E-state index in [0.717, 1.165) is 12.8 Å². The smallest absolute Gasteiger partial charge is 0.00557 e. The van der Waals surface area contributed by atoms with E-state index in [4.69, 9.17) is 0 Å². The molecule has 0 aliphatic carbocycles. The summed E-state index contributed by atoms with van der Waals surface area (Å²) in [5.74, 6) is 0. The van der Waals surface area contributed by atoms with Crippen LogP contribution in [0.1, 0.15) is 33.6 Å². The van der Waals surface area contributed by atoms with Crippen molar-refractivity contribution < 1.29 is 0 Å². The Kier molecular flexibility index (Phi) is 7.49. The Hall–Kier alpha value is -1.20. The normalized spacial score (nSPS) is 12.1. The lowest BCUT2D eigenvalue weighted by molar-refractivity contribution is 0.556. The lowest BCUT2D eigenvalue weighted by Gasteiger charge is -2.12. The molecule has 0 unspecified atom stereocenters. The minimum Gasteiger partial charge on any atom is -0.383 e. The molecule has 0 saturated heterocycles. The first-order chi connectivity index (χ1) is 7.15. The first-order valence-corrected chi connectivity index (χ1v) is 5.59. The largest absolute Gasteiger partial charge is 0.383 e. The maximum atomic E-state index is 3.08. The average Bonchev–Trinajstić information content (AvgIpc) is 2.21. The second-order valence-corrected chi connectivity index (χ2v) is 3.64. The van der Waals surface area contributed by atoms with Gasteiger partial charge in [-0.05, 0) is 43.1 Å². The second-order valence-electron chi connectivity index (χ2n) is 3.64. The van der Waals surface area contributed by atoms with Crippen molar-refractivity contribution >= 4 is 0 Å². The van der Waals surface area contributed by atoms with Crippen molar-refractivity contribution in [3.05, 3.63) is 41.3 Å². The third-order valence-electron chi connectivity index (χ3n) is 2.14. The summed E-state index contributed by atoms with van der Waals surface area (Å²) in [4.78, 5) is 2.10. The molecule has 0 aliphatic rings. The third-order valence-corrected chi connectivity index (χ3v) is 2.14. The zero-order chi connectivity index (χ0) is 11.7. The fourth-order valence-corrected chi connectivity index (χ4v) is 1.41. The molecular formula is C14H23N. The summed E-state index contributed by atoms with van der Waals surface area (Å²) in [6.07, 6.45) is 10.4. The molecule has 0 aromatic carbocycles. The molecule has 0 amide bonds. The zero-order valence-corrected chi connectivity index (χ0v) is 10.7. The van der Waals surface area contributed by atoms with Gasteiger partial charge in [0.15, 0.2) is 0 Å². The van der Waals surface area contributed by atoms with Gasteiger partial charge >= 0.3 is 0 Å². The van der Waals surface area contributed by atoms with Crippen molar-refractivity contribution in [2.45, 2.75) is 33.6 Å². The molecule has 0 aromatic heterocycles. The van der Waals surface area contributed by atoms with Crippen LogP contribution in [0, 0.1) is 0 Å². The molecule has 0 aromatic rings. The van der Waals surface area contributed by atoms with Crippen molar-refractivity contribution in [1.29, 1.82) is 0 Å². The molecule has 1 heteroatoms. The van der Waals surface area contributed by atoms with E-state index in [-0.39, 0.29) is 0 Å². The topological polar surface area (TPSA) is 3.24 Å². The first kappa shape index (κ1) is 13.8. The molecule has 0 spiro atoms. The highest BCUT2D eigenvalue weighted by Crippen LogP contribution is 2.17. The van der Waals surface area contributed by atoms with Crippen molar-refractivity contribution in [1.82, 2.24) is 4.90 Å². The molecule has 0 rings (SSSR count). The molecule has 0 atom stereocenters. The number of hydrogen-bond acceptors (Lipinski definition) is 1. The van der Waals surface area contributed by atoms with Crippen molar-refractivity contribution in [3.63, 3.8) is 0 Å². The molecule has 0 fully saturated rings. The standard InChI is InChI=1S/C14H23N/c1-6-9-10-11-13(7-2)14(8-3)12-15(4)5/h6,10-12H,7-8H2,1-5H3/b13-11-,14-12-. The number of allylic oxidation sites excluding steroid dienone is 4. The summed E-state index contributed by atoms with van der Waals surface area (Å²) in [7, 11) is 4.12. The number of rotatable bonds is 5. The van der Waals surface area contributed by atoms with Gasteiger partial charge in [0.1, 0.15) is 0 Å². The Morgan fingerprint density at radius 1 is 1.13 bits per heavy atom. The highest BCUT2D eigenvalue weighted by Gasteiger charge is 2.00. The van der Waals surface area contributed by atoms with Crippen molar-refractivity contribution in [2.75, 3.05) is 14.1 Å². The molecule has 1 nitrogen and oxygen atoms in total. The van der Waals surface area contributed by atoms with Crippen LogP contribution in [0.15, 0.2) is 41.3 Å². The van der Waals surface area contributed by atoms with Gasteiger partial charge in [-0.25, -0.2) is 0 Å². The van der Waals surface area contributed by atoms with E-state index in [0.29, 0.717) is 0 Å². The minimum atomic E-state index is 1.06. The summed E-state index contributed by atoms with van der Waals surface area (Å²) in [6, 6.07) is 0. The summed E-state index contributed by atoms with van der Waals surface area (Å²) in [5, 5.41) is 0. The van der Waals surface area contributed by atoms with Gasteiger partial charge < -0.3 is 4.90 Å². The summed E-state index contributed by atoms with van der Waals surface area (Å²) in [5.41, 5.74) is 5.87. The van der Waals surface area contributed by atoms with E-state index in [1.165, 1.54) is 11.1 Å². The molecule has 0 radical (unpaired) electrons. The summed E-state index contributed by atoms with van der Waals surface area (Å²) < 4.78 is 0. The van der Waals surface area contributed by atoms with E-state index in [1.807, 2.05) is 19.1 Å². The molecule has 84 valence electrons. The van der Waals surface area contributed by atoms with Gasteiger partial charge in [-0.2, -0.15) is 0 Å². The lowest BCUT2D eigenvalue weighted by Crippen LogP contribution is -2.03. The van der Waals surface area contributed by atoms with Crippen LogP contribution in [-0.2, 0) is 0 Å². The van der Waals surface area contributed by atoms with E-state index in [1.54, 1.807) is 0 Å². The fourth-order valence-electron chi connectivity index (χ4n) is 1.41. The number of nitrogens with zero attached hydrogens (tertiary/aromatic N) is 1. The Balaban J connectivity index is 4.92. The predicted molar refractivity (Wildman–Crippen MR) is 68.8 cm³/mol. The van der Waals surface area contributed by atoms with E-state index in [2.05, 4.69) is 50.8 Å². The molecule has 0 aliphatic heterocycles. The van der Waals surface area contributed by atoms with E-state index < -0.39 is 0 Å². The lowest BCUT2D eigenvalue weighted by atomic mass is 10.0. The van der Waals surface area contributed by atoms with Crippen LogP contribution >= 0.6 is 0 Å². The van der Waals surface area contributed by atoms with Crippen LogP contribution in [0.4, 0.5) is 0 Å². The maximum absolute atomic E-state index is 3.08. The maximum Gasteiger partial charge on any atom is 0.00557 e. The highest BCUT2D eigenvalue weighted by atomic mass is 15.0. The monoisotopic (exact) mass is 205 g/mol. The quantitative estimate of drug-likeness (QED) is 0.486. The molecular weight excluding hydrogens is 182 g/mol. The van der Waals surface area contributed by atoms with Gasteiger partial charge in [-0.3, -0.25) is 0 Å². The van der Waals surface area contributed by atoms with Crippen LogP contribution in [0.25, 0.3) is 0 Å². The highest BCUT2D eigenvalue weighted by molar-refractivity contribution is 5.32. The Morgan fingerprint density at radius 2 is 1.73 bits per heavy atom. The Bertz CT molecular complexity index is 286. The van der Waals surface area contributed by atoms with E-state index >= 15 is 0 Å². The number of hydrogen-bond donors (Lipinski definition) is 0. The van der Waals surface area contributed by atoms with Gasteiger partial charge in [0.2, 0.25) is 0 Å². The first-order valence-electron chi connectivity index (χ1n) is 5.59. The van der Waals surface area contributed by atoms with Gasteiger partial charge in [-0.15, -0.1) is 5.73 Å². The van der Waals surface area contributed by atoms with Crippen LogP contribution in [0.5, 0.6) is 0 Å². The van der Waals surface area contributed by atoms with Crippen molar-refractivity contribution in [3.8, 4) is 0 Å². The molecule has 0 heterocycles. The minimum absolute atomic E-state index is 1.06. The van der Waals surface area contributed by atoms with Gasteiger partial charge in [0.05, 0.1) is 0 Å². The molecule has 0 N–H and O–H groups in total. The predicted octanol–water partition coefficient (Wildman–Crippen LogP) is 3.91. The van der Waals surface area contributed by atoms with Crippen LogP contribution in [0.3, 0.4) is 0 Å². The van der Waals surface area contributed by atoms with Crippen LogP contribution < -0.4 is 0 Å². The Labute approximate surface area is 94.5 Å². The molecule has 0 bridgehead atoms. The summed E-state index contributed by atoms with van der Waals surface area (Å²) >= 11 is 0. The second kappa shape index (κ2) is 8.14. The fraction of sp³-hybridized carbons (Fsp3) is 0.500. The zero-order valence-electron chi connectivity index (χ0n) is 10.7. The molecule has 0 saturated carbocycles. The Morgan fingerprint density at radius 3 is 2.13 bits per heavy atom. The summed E-state index contributed by atoms with van der Waals surface area (Å²) in [6.45, 7) is 6.36. The SMILES string of the molecule is CC=C=C/C=C(CC)\C(=C/N(C)C)CC. The van der Waals surface area contributed by atoms with E-state index in [9.17, 15) is 0 Å². The molecule has 15 heavy (non-hydrogen) atoms. The van der Waals surface area contributed by atoms with Crippen molar-refractivity contribution in [2.24, 2.45) is 0 Å².